The third-order valence-electron chi connectivity index (χ3n) is 5.93. The predicted octanol–water partition coefficient (Wildman–Crippen LogP) is 3.92. The van der Waals surface area contributed by atoms with Crippen LogP contribution in [0.25, 0.3) is 0 Å². The lowest BCUT2D eigenvalue weighted by molar-refractivity contribution is 0.337. The van der Waals surface area contributed by atoms with Gasteiger partial charge in [0.2, 0.25) is 17.8 Å². The van der Waals surface area contributed by atoms with Gasteiger partial charge in [-0.2, -0.15) is 15.0 Å². The van der Waals surface area contributed by atoms with Gasteiger partial charge < -0.3 is 21.1 Å². The van der Waals surface area contributed by atoms with Crippen LogP contribution in [-0.2, 0) is 0 Å². The standard InChI is InChI=1S/C21H30FN7O/c1-29-11-5-8-18(29)25-21-27-19(23-13-14-6-3-2-4-7-14)26-20(28-21)24-15-9-10-17(30)16(22)12-15/h9-10,12,14,18,30H,2-8,11,13H2,1H3,(H3,23,24,25,26,27,28). The van der Waals surface area contributed by atoms with E-state index in [-0.39, 0.29) is 6.17 Å². The normalized spacial score (nSPS) is 20.3. The molecule has 1 atom stereocenters. The minimum absolute atomic E-state index is 0.178. The van der Waals surface area contributed by atoms with Gasteiger partial charge in [0.25, 0.3) is 0 Å². The summed E-state index contributed by atoms with van der Waals surface area (Å²) in [5.74, 6) is 0.852. The van der Waals surface area contributed by atoms with Gasteiger partial charge in [0.1, 0.15) is 0 Å². The summed E-state index contributed by atoms with van der Waals surface area (Å²) in [6, 6.07) is 4.09. The first-order chi connectivity index (χ1) is 14.6. The first-order valence-corrected chi connectivity index (χ1v) is 10.8. The molecule has 2 heterocycles. The van der Waals surface area contributed by atoms with Crippen molar-refractivity contribution in [3.8, 4) is 5.75 Å². The average Bonchev–Trinajstić information content (AvgIpc) is 3.14. The number of halogens is 1. The molecular formula is C21H30FN7O. The minimum atomic E-state index is -0.698. The molecule has 1 saturated heterocycles. The van der Waals surface area contributed by atoms with Crippen LogP contribution in [0, 0.1) is 11.7 Å². The van der Waals surface area contributed by atoms with E-state index < -0.39 is 11.6 Å². The zero-order chi connectivity index (χ0) is 20.9. The lowest BCUT2D eigenvalue weighted by Gasteiger charge is -2.23. The molecule has 4 N–H and O–H groups in total. The molecule has 2 aliphatic rings. The van der Waals surface area contributed by atoms with Crippen LogP contribution in [0.5, 0.6) is 5.75 Å². The number of nitrogens with one attached hydrogen (secondary N) is 3. The number of phenolic OH excluding ortho intramolecular Hbond substituents is 1. The number of phenols is 1. The second kappa shape index (κ2) is 9.42. The first-order valence-electron chi connectivity index (χ1n) is 10.8. The molecule has 1 aromatic carbocycles. The highest BCUT2D eigenvalue weighted by Crippen LogP contribution is 2.25. The SMILES string of the molecule is CN1CCCC1Nc1nc(NCC2CCCCC2)nc(Nc2ccc(O)c(F)c2)n1. The van der Waals surface area contributed by atoms with E-state index in [0.717, 1.165) is 25.9 Å². The molecular weight excluding hydrogens is 385 g/mol. The lowest BCUT2D eigenvalue weighted by Crippen LogP contribution is -2.33. The molecule has 0 spiro atoms. The molecule has 1 saturated carbocycles. The molecule has 1 unspecified atom stereocenters. The number of anilines is 4. The second-order valence-corrected chi connectivity index (χ2v) is 8.27. The van der Waals surface area contributed by atoms with Crippen molar-refractivity contribution in [1.82, 2.24) is 19.9 Å². The number of rotatable bonds is 7. The Morgan fingerprint density at radius 3 is 2.53 bits per heavy atom. The van der Waals surface area contributed by atoms with Crippen LogP contribution in [-0.4, -0.2) is 51.3 Å². The average molecular weight is 416 g/mol. The van der Waals surface area contributed by atoms with Gasteiger partial charge >= 0.3 is 0 Å². The monoisotopic (exact) mass is 415 g/mol. The molecule has 1 aromatic heterocycles. The number of aromatic nitrogens is 3. The van der Waals surface area contributed by atoms with Crippen molar-refractivity contribution in [1.29, 1.82) is 0 Å². The Bertz CT molecular complexity index is 859. The number of nitrogens with zero attached hydrogens (tertiary/aromatic N) is 4. The molecule has 162 valence electrons. The number of aromatic hydroxyl groups is 1. The van der Waals surface area contributed by atoms with Gasteiger partial charge in [-0.1, -0.05) is 19.3 Å². The highest BCUT2D eigenvalue weighted by molar-refractivity contribution is 5.57. The Hall–Kier alpha value is -2.68. The van der Waals surface area contributed by atoms with Gasteiger partial charge in [0.15, 0.2) is 11.6 Å². The highest BCUT2D eigenvalue weighted by Gasteiger charge is 2.22. The minimum Gasteiger partial charge on any atom is -0.505 e. The molecule has 1 aliphatic carbocycles. The predicted molar refractivity (Wildman–Crippen MR) is 116 cm³/mol. The summed E-state index contributed by atoms with van der Waals surface area (Å²) in [7, 11) is 2.08. The highest BCUT2D eigenvalue weighted by atomic mass is 19.1. The number of hydrogen-bond donors (Lipinski definition) is 4. The van der Waals surface area contributed by atoms with Crippen LogP contribution >= 0.6 is 0 Å². The van der Waals surface area contributed by atoms with E-state index in [1.165, 1.54) is 44.2 Å². The van der Waals surface area contributed by atoms with Crippen molar-refractivity contribution in [3.63, 3.8) is 0 Å². The van der Waals surface area contributed by atoms with Crippen molar-refractivity contribution in [3.05, 3.63) is 24.0 Å². The molecule has 8 nitrogen and oxygen atoms in total. The van der Waals surface area contributed by atoms with Crippen LogP contribution in [0.15, 0.2) is 18.2 Å². The molecule has 1 aliphatic heterocycles. The lowest BCUT2D eigenvalue weighted by atomic mass is 9.89. The van der Waals surface area contributed by atoms with Crippen LogP contribution in [0.1, 0.15) is 44.9 Å². The van der Waals surface area contributed by atoms with Crippen molar-refractivity contribution >= 4 is 23.5 Å². The van der Waals surface area contributed by atoms with Crippen LogP contribution in [0.3, 0.4) is 0 Å². The van der Waals surface area contributed by atoms with Crippen molar-refractivity contribution in [2.75, 3.05) is 36.1 Å². The number of likely N-dealkylation sites (tertiary alicyclic amines) is 1. The summed E-state index contributed by atoms with van der Waals surface area (Å²) >= 11 is 0. The topological polar surface area (TPSA) is 98.2 Å². The zero-order valence-electron chi connectivity index (χ0n) is 17.4. The van der Waals surface area contributed by atoms with Crippen LogP contribution in [0.2, 0.25) is 0 Å². The van der Waals surface area contributed by atoms with Crippen molar-refractivity contribution in [2.45, 2.75) is 51.1 Å². The van der Waals surface area contributed by atoms with Crippen LogP contribution < -0.4 is 16.0 Å². The fourth-order valence-electron chi connectivity index (χ4n) is 4.16. The summed E-state index contributed by atoms with van der Waals surface area (Å²) in [6.07, 6.45) is 8.68. The van der Waals surface area contributed by atoms with Gasteiger partial charge in [-0.25, -0.2) is 4.39 Å². The summed E-state index contributed by atoms with van der Waals surface area (Å²) in [4.78, 5) is 15.8. The summed E-state index contributed by atoms with van der Waals surface area (Å²) < 4.78 is 13.7. The first kappa shape index (κ1) is 20.6. The fraction of sp³-hybridized carbons (Fsp3) is 0.571. The van der Waals surface area contributed by atoms with Gasteiger partial charge in [0.05, 0.1) is 6.17 Å². The maximum absolute atomic E-state index is 13.7. The molecule has 4 rings (SSSR count). The van der Waals surface area contributed by atoms with Crippen LogP contribution in [0.4, 0.5) is 27.9 Å². The Balaban J connectivity index is 1.51. The van der Waals surface area contributed by atoms with E-state index in [9.17, 15) is 9.50 Å². The Kier molecular flexibility index (Phi) is 6.47. The van der Waals surface area contributed by atoms with Crippen molar-refractivity contribution in [2.24, 2.45) is 5.92 Å². The van der Waals surface area contributed by atoms with E-state index in [1.807, 2.05) is 0 Å². The molecule has 2 fully saturated rings. The Morgan fingerprint density at radius 2 is 1.80 bits per heavy atom. The second-order valence-electron chi connectivity index (χ2n) is 8.27. The maximum atomic E-state index is 13.7. The van der Waals surface area contributed by atoms with Gasteiger partial charge in [-0.05, 0) is 57.3 Å². The van der Waals surface area contributed by atoms with E-state index in [2.05, 4.69) is 42.8 Å². The summed E-state index contributed by atoms with van der Waals surface area (Å²) in [5, 5.41) is 19.2. The van der Waals surface area contributed by atoms with E-state index in [4.69, 9.17) is 0 Å². The molecule has 30 heavy (non-hydrogen) atoms. The largest absolute Gasteiger partial charge is 0.505 e. The van der Waals surface area contributed by atoms with Gasteiger partial charge in [0, 0.05) is 18.3 Å². The van der Waals surface area contributed by atoms with Gasteiger partial charge in [-0.15, -0.1) is 0 Å². The number of hydrogen-bond acceptors (Lipinski definition) is 8. The Morgan fingerprint density at radius 1 is 1.03 bits per heavy atom. The molecule has 2 aromatic rings. The maximum Gasteiger partial charge on any atom is 0.233 e. The summed E-state index contributed by atoms with van der Waals surface area (Å²) in [6.45, 7) is 1.87. The molecule has 0 amide bonds. The van der Waals surface area contributed by atoms with Crippen molar-refractivity contribution < 1.29 is 9.50 Å². The third-order valence-corrected chi connectivity index (χ3v) is 5.93. The summed E-state index contributed by atoms with van der Waals surface area (Å²) in [5.41, 5.74) is 0.457. The fourth-order valence-corrected chi connectivity index (χ4v) is 4.16. The van der Waals surface area contributed by atoms with E-state index in [1.54, 1.807) is 6.07 Å². The molecule has 9 heteroatoms. The quantitative estimate of drug-likeness (QED) is 0.505. The molecule has 0 radical (unpaired) electrons. The van der Waals surface area contributed by atoms with E-state index >= 15 is 0 Å². The molecule has 0 bridgehead atoms. The smallest absolute Gasteiger partial charge is 0.233 e. The van der Waals surface area contributed by atoms with E-state index in [0.29, 0.717) is 29.5 Å². The Labute approximate surface area is 176 Å². The third kappa shape index (κ3) is 5.27. The van der Waals surface area contributed by atoms with Gasteiger partial charge in [-0.3, -0.25) is 4.90 Å². The zero-order valence-corrected chi connectivity index (χ0v) is 17.4. The number of benzene rings is 1.